The second-order valence-electron chi connectivity index (χ2n) is 9.69. The van der Waals surface area contributed by atoms with Crippen molar-refractivity contribution < 1.29 is 18.0 Å². The number of nitrogen functional groups attached to an aromatic ring is 1. The molecule has 11 nitrogen and oxygen atoms in total. The number of alkyl halides is 3. The minimum Gasteiger partial charge on any atom is -0.383 e. The molecule has 5 rings (SSSR count). The SMILES string of the molecule is CC(C)c1cc(C(=O)Nc2ccc(-c3nn(C(C)C(F)(F)F)c4ncnc(N)c34)cc2)c(=O)n(-c2ccc(Cl)cn2)n1. The number of anilines is 2. The van der Waals surface area contributed by atoms with E-state index in [2.05, 4.69) is 30.5 Å². The molecule has 0 radical (unpaired) electrons. The topological polar surface area (TPSA) is 146 Å². The molecule has 1 atom stereocenters. The third-order valence-corrected chi connectivity index (χ3v) is 6.69. The van der Waals surface area contributed by atoms with Crippen molar-refractivity contribution in [1.29, 1.82) is 0 Å². The van der Waals surface area contributed by atoms with Crippen molar-refractivity contribution in [2.24, 2.45) is 0 Å². The van der Waals surface area contributed by atoms with E-state index in [4.69, 9.17) is 17.3 Å². The summed E-state index contributed by atoms with van der Waals surface area (Å²) in [5, 5.41) is 11.7. The van der Waals surface area contributed by atoms with E-state index in [-0.39, 0.29) is 39.8 Å². The molecular formula is C27H23ClF3N9O2. The fourth-order valence-electron chi connectivity index (χ4n) is 4.12. The van der Waals surface area contributed by atoms with Crippen LogP contribution in [0.15, 0.2) is 59.8 Å². The molecule has 42 heavy (non-hydrogen) atoms. The van der Waals surface area contributed by atoms with Crippen molar-refractivity contribution in [2.45, 2.75) is 38.9 Å². The smallest absolute Gasteiger partial charge is 0.383 e. The van der Waals surface area contributed by atoms with Gasteiger partial charge in [0.25, 0.3) is 11.5 Å². The Morgan fingerprint density at radius 1 is 1.02 bits per heavy atom. The van der Waals surface area contributed by atoms with Crippen molar-refractivity contribution in [3.05, 3.63) is 81.6 Å². The fourth-order valence-corrected chi connectivity index (χ4v) is 4.23. The van der Waals surface area contributed by atoms with Crippen LogP contribution in [0.1, 0.15) is 48.8 Å². The van der Waals surface area contributed by atoms with Gasteiger partial charge in [-0.2, -0.15) is 28.1 Å². The van der Waals surface area contributed by atoms with Crippen LogP contribution in [-0.2, 0) is 0 Å². The van der Waals surface area contributed by atoms with Gasteiger partial charge in [0.1, 0.15) is 29.4 Å². The number of benzene rings is 1. The molecule has 0 aliphatic carbocycles. The lowest BCUT2D eigenvalue weighted by Crippen LogP contribution is -2.31. The lowest BCUT2D eigenvalue weighted by Gasteiger charge is -2.16. The number of nitrogens with one attached hydrogen (secondary N) is 1. The molecule has 4 heterocycles. The zero-order chi connectivity index (χ0) is 30.3. The lowest BCUT2D eigenvalue weighted by atomic mass is 10.1. The Labute approximate surface area is 241 Å². The van der Waals surface area contributed by atoms with Crippen molar-refractivity contribution in [3.63, 3.8) is 0 Å². The van der Waals surface area contributed by atoms with Gasteiger partial charge in [-0.05, 0) is 43.2 Å². The Morgan fingerprint density at radius 2 is 1.74 bits per heavy atom. The highest BCUT2D eigenvalue weighted by Crippen LogP contribution is 2.36. The highest BCUT2D eigenvalue weighted by atomic mass is 35.5. The van der Waals surface area contributed by atoms with E-state index >= 15 is 0 Å². The van der Waals surface area contributed by atoms with Gasteiger partial charge in [-0.1, -0.05) is 37.6 Å². The zero-order valence-corrected chi connectivity index (χ0v) is 23.1. The predicted molar refractivity (Wildman–Crippen MR) is 151 cm³/mol. The van der Waals surface area contributed by atoms with Gasteiger partial charge < -0.3 is 11.1 Å². The van der Waals surface area contributed by atoms with Crippen LogP contribution in [0.4, 0.5) is 24.7 Å². The number of amides is 1. The predicted octanol–water partition coefficient (Wildman–Crippen LogP) is 5.17. The third kappa shape index (κ3) is 5.40. The van der Waals surface area contributed by atoms with Crippen LogP contribution >= 0.6 is 11.6 Å². The minimum absolute atomic E-state index is 0.0295. The summed E-state index contributed by atoms with van der Waals surface area (Å²) in [7, 11) is 0. The van der Waals surface area contributed by atoms with Crippen LogP contribution in [-0.4, -0.2) is 46.6 Å². The number of hydrogen-bond acceptors (Lipinski definition) is 8. The van der Waals surface area contributed by atoms with Gasteiger partial charge in [0.2, 0.25) is 0 Å². The van der Waals surface area contributed by atoms with E-state index < -0.39 is 23.7 Å². The second-order valence-corrected chi connectivity index (χ2v) is 10.1. The first-order chi connectivity index (χ1) is 19.8. The molecular weight excluding hydrogens is 575 g/mol. The van der Waals surface area contributed by atoms with Crippen LogP contribution in [0.3, 0.4) is 0 Å². The van der Waals surface area contributed by atoms with Crippen LogP contribution in [0.25, 0.3) is 28.1 Å². The molecule has 1 amide bonds. The Bertz CT molecular complexity index is 1850. The van der Waals surface area contributed by atoms with E-state index in [9.17, 15) is 22.8 Å². The molecule has 0 bridgehead atoms. The van der Waals surface area contributed by atoms with Gasteiger partial charge in [0.05, 0.1) is 16.1 Å². The van der Waals surface area contributed by atoms with E-state index in [1.165, 1.54) is 30.5 Å². The standard InChI is InChI=1S/C27H23ClF3N9O2/c1-13(2)19-10-18(26(42)40(37-19)20-9-6-16(28)11-33-20)25(41)36-17-7-4-15(5-8-17)22-21-23(32)34-12-35-24(21)39(38-22)14(3)27(29,30)31/h4-14H,1-3H3,(H,36,41)(H2,32,34,35). The van der Waals surface area contributed by atoms with Gasteiger partial charge in [-0.25, -0.2) is 19.6 Å². The van der Waals surface area contributed by atoms with E-state index in [1.54, 1.807) is 18.2 Å². The molecule has 0 spiro atoms. The molecule has 216 valence electrons. The molecule has 1 unspecified atom stereocenters. The van der Waals surface area contributed by atoms with Gasteiger partial charge in [-0.15, -0.1) is 0 Å². The number of nitrogens with zero attached hydrogens (tertiary/aromatic N) is 7. The first-order valence-corrected chi connectivity index (χ1v) is 13.0. The molecule has 3 N–H and O–H groups in total. The summed E-state index contributed by atoms with van der Waals surface area (Å²) in [4.78, 5) is 38.5. The molecule has 0 aliphatic heterocycles. The number of halogens is 4. The maximum Gasteiger partial charge on any atom is 0.410 e. The Kier molecular flexibility index (Phi) is 7.41. The molecule has 15 heteroatoms. The van der Waals surface area contributed by atoms with Gasteiger partial charge in [-0.3, -0.25) is 9.59 Å². The number of nitrogens with two attached hydrogens (primary N) is 1. The maximum atomic E-state index is 13.5. The van der Waals surface area contributed by atoms with Crippen LogP contribution in [0.2, 0.25) is 5.02 Å². The summed E-state index contributed by atoms with van der Waals surface area (Å²) in [5.74, 6) is -0.634. The number of hydrogen-bond donors (Lipinski definition) is 2. The summed E-state index contributed by atoms with van der Waals surface area (Å²) in [6.45, 7) is 4.70. The monoisotopic (exact) mass is 597 g/mol. The second kappa shape index (κ2) is 10.9. The van der Waals surface area contributed by atoms with Gasteiger partial charge >= 0.3 is 6.18 Å². The first kappa shape index (κ1) is 28.7. The Balaban J connectivity index is 1.48. The van der Waals surface area contributed by atoms with E-state index in [0.717, 1.165) is 22.6 Å². The first-order valence-electron chi connectivity index (χ1n) is 12.6. The average molecular weight is 598 g/mol. The number of aromatic nitrogens is 7. The molecule has 0 fully saturated rings. The van der Waals surface area contributed by atoms with Crippen LogP contribution in [0.5, 0.6) is 0 Å². The summed E-state index contributed by atoms with van der Waals surface area (Å²) in [5.41, 5.74) is 6.45. The molecule has 4 aromatic heterocycles. The van der Waals surface area contributed by atoms with Gasteiger partial charge in [0.15, 0.2) is 11.5 Å². The summed E-state index contributed by atoms with van der Waals surface area (Å²) in [6.07, 6.45) is -2.14. The van der Waals surface area contributed by atoms with Crippen molar-refractivity contribution in [1.82, 2.24) is 34.5 Å². The summed E-state index contributed by atoms with van der Waals surface area (Å²) in [6, 6.07) is 8.67. The van der Waals surface area contributed by atoms with Crippen molar-refractivity contribution >= 4 is 40.0 Å². The maximum absolute atomic E-state index is 13.5. The van der Waals surface area contributed by atoms with E-state index in [1.807, 2.05) is 13.8 Å². The number of carbonyl (C=O) groups is 1. The number of pyridine rings is 1. The third-order valence-electron chi connectivity index (χ3n) is 6.47. The molecule has 5 aromatic rings. The number of rotatable bonds is 6. The summed E-state index contributed by atoms with van der Waals surface area (Å²) >= 11 is 5.92. The van der Waals surface area contributed by atoms with Crippen LogP contribution in [0, 0.1) is 0 Å². The van der Waals surface area contributed by atoms with Crippen molar-refractivity contribution in [2.75, 3.05) is 11.1 Å². The number of fused-ring (bicyclic) bond motifs is 1. The van der Waals surface area contributed by atoms with E-state index in [0.29, 0.717) is 22.0 Å². The Morgan fingerprint density at radius 3 is 2.36 bits per heavy atom. The normalized spacial score (nSPS) is 12.6. The number of carbonyl (C=O) groups excluding carboxylic acids is 1. The largest absolute Gasteiger partial charge is 0.410 e. The average Bonchev–Trinajstić information content (AvgIpc) is 3.34. The molecule has 0 aliphatic rings. The van der Waals surface area contributed by atoms with Crippen LogP contribution < -0.4 is 16.6 Å². The summed E-state index contributed by atoms with van der Waals surface area (Å²) < 4.78 is 42.3. The molecule has 1 aromatic carbocycles. The quantitative estimate of drug-likeness (QED) is 0.273. The highest BCUT2D eigenvalue weighted by molar-refractivity contribution is 6.30. The fraction of sp³-hybridized carbons (Fsp3) is 0.222. The molecule has 0 saturated carbocycles. The lowest BCUT2D eigenvalue weighted by molar-refractivity contribution is -0.164. The highest BCUT2D eigenvalue weighted by Gasteiger charge is 2.39. The zero-order valence-electron chi connectivity index (χ0n) is 22.4. The van der Waals surface area contributed by atoms with Crippen molar-refractivity contribution in [3.8, 4) is 17.1 Å². The van der Waals surface area contributed by atoms with Gasteiger partial charge in [0, 0.05) is 17.4 Å². The Hall–Kier alpha value is -4.85. The minimum atomic E-state index is -4.57. The molecule has 0 saturated heterocycles.